The van der Waals surface area contributed by atoms with Crippen molar-refractivity contribution in [3.05, 3.63) is 46.2 Å². The molecule has 1 unspecified atom stereocenters. The van der Waals surface area contributed by atoms with Crippen LogP contribution in [0.1, 0.15) is 17.5 Å². The SMILES string of the molecule is C=CCC1Cc2cc(F)c(Br)cc2C1. The van der Waals surface area contributed by atoms with E-state index in [4.69, 9.17) is 0 Å². The largest absolute Gasteiger partial charge is 0.206 e. The van der Waals surface area contributed by atoms with Crippen molar-refractivity contribution in [2.24, 2.45) is 5.92 Å². The Morgan fingerprint density at radius 1 is 1.43 bits per heavy atom. The van der Waals surface area contributed by atoms with Gasteiger partial charge in [0.15, 0.2) is 0 Å². The average Bonchev–Trinajstić information content (AvgIpc) is 2.48. The quantitative estimate of drug-likeness (QED) is 0.703. The minimum absolute atomic E-state index is 0.150. The summed E-state index contributed by atoms with van der Waals surface area (Å²) in [5, 5.41) is 0. The second-order valence-electron chi connectivity index (χ2n) is 3.83. The van der Waals surface area contributed by atoms with E-state index in [2.05, 4.69) is 22.5 Å². The highest BCUT2D eigenvalue weighted by Crippen LogP contribution is 2.32. The predicted molar refractivity (Wildman–Crippen MR) is 59.8 cm³/mol. The molecule has 0 amide bonds. The summed E-state index contributed by atoms with van der Waals surface area (Å²) < 4.78 is 13.8. The predicted octanol–water partition coefficient (Wildman–Crippen LogP) is 3.88. The van der Waals surface area contributed by atoms with Crippen molar-refractivity contribution in [3.8, 4) is 0 Å². The molecule has 0 aliphatic heterocycles. The van der Waals surface area contributed by atoms with Crippen LogP contribution in [0.25, 0.3) is 0 Å². The van der Waals surface area contributed by atoms with Gasteiger partial charge in [-0.25, -0.2) is 4.39 Å². The van der Waals surface area contributed by atoms with Gasteiger partial charge in [0.1, 0.15) is 5.82 Å². The zero-order valence-electron chi connectivity index (χ0n) is 7.89. The van der Waals surface area contributed by atoms with E-state index >= 15 is 0 Å². The lowest BCUT2D eigenvalue weighted by Crippen LogP contribution is -1.96. The molecule has 1 aliphatic carbocycles. The molecule has 1 aliphatic rings. The summed E-state index contributed by atoms with van der Waals surface area (Å²) in [6.07, 6.45) is 5.02. The van der Waals surface area contributed by atoms with E-state index in [0.717, 1.165) is 24.8 Å². The monoisotopic (exact) mass is 254 g/mol. The highest BCUT2D eigenvalue weighted by Gasteiger charge is 2.21. The van der Waals surface area contributed by atoms with Gasteiger partial charge in [0.25, 0.3) is 0 Å². The van der Waals surface area contributed by atoms with Gasteiger partial charge >= 0.3 is 0 Å². The van der Waals surface area contributed by atoms with Crippen molar-refractivity contribution in [3.63, 3.8) is 0 Å². The van der Waals surface area contributed by atoms with Crippen LogP contribution in [-0.4, -0.2) is 0 Å². The number of allylic oxidation sites excluding steroid dienone is 1. The van der Waals surface area contributed by atoms with Crippen molar-refractivity contribution < 1.29 is 4.39 Å². The highest BCUT2D eigenvalue weighted by molar-refractivity contribution is 9.10. The summed E-state index contributed by atoms with van der Waals surface area (Å²) in [5.74, 6) is 0.471. The van der Waals surface area contributed by atoms with Crippen LogP contribution in [0.5, 0.6) is 0 Å². The first-order valence-electron chi connectivity index (χ1n) is 4.78. The number of rotatable bonds is 2. The van der Waals surface area contributed by atoms with Gasteiger partial charge in [0, 0.05) is 0 Å². The number of hydrogen-bond acceptors (Lipinski definition) is 0. The fourth-order valence-corrected chi connectivity index (χ4v) is 2.50. The zero-order chi connectivity index (χ0) is 10.1. The number of fused-ring (bicyclic) bond motifs is 1. The van der Waals surface area contributed by atoms with Crippen LogP contribution in [0.2, 0.25) is 0 Å². The van der Waals surface area contributed by atoms with Gasteiger partial charge in [0.2, 0.25) is 0 Å². The zero-order valence-corrected chi connectivity index (χ0v) is 9.48. The lowest BCUT2D eigenvalue weighted by Gasteiger charge is -2.02. The molecule has 0 N–H and O–H groups in total. The summed E-state index contributed by atoms with van der Waals surface area (Å²) in [6.45, 7) is 3.74. The Morgan fingerprint density at radius 3 is 2.71 bits per heavy atom. The Hall–Kier alpha value is -0.630. The molecule has 0 heterocycles. The Morgan fingerprint density at radius 2 is 2.07 bits per heavy atom. The molecular formula is C12H12BrF. The smallest absolute Gasteiger partial charge is 0.137 e. The van der Waals surface area contributed by atoms with Gasteiger partial charge in [-0.05, 0) is 64.4 Å². The molecule has 74 valence electrons. The fraction of sp³-hybridized carbons (Fsp3) is 0.333. The van der Waals surface area contributed by atoms with E-state index in [1.165, 1.54) is 5.56 Å². The van der Waals surface area contributed by atoms with E-state index in [-0.39, 0.29) is 5.82 Å². The number of hydrogen-bond donors (Lipinski definition) is 0. The van der Waals surface area contributed by atoms with Crippen LogP contribution in [0.3, 0.4) is 0 Å². The maximum absolute atomic E-state index is 13.2. The van der Waals surface area contributed by atoms with Crippen LogP contribution in [0.4, 0.5) is 4.39 Å². The summed E-state index contributed by atoms with van der Waals surface area (Å²) >= 11 is 3.21. The van der Waals surface area contributed by atoms with Crippen molar-refractivity contribution in [2.75, 3.05) is 0 Å². The first-order chi connectivity index (χ1) is 6.70. The van der Waals surface area contributed by atoms with Crippen LogP contribution in [0.15, 0.2) is 29.3 Å². The van der Waals surface area contributed by atoms with E-state index < -0.39 is 0 Å². The van der Waals surface area contributed by atoms with Crippen LogP contribution < -0.4 is 0 Å². The molecule has 2 rings (SSSR count). The summed E-state index contributed by atoms with van der Waals surface area (Å²) in [6, 6.07) is 3.57. The molecular weight excluding hydrogens is 243 g/mol. The topological polar surface area (TPSA) is 0 Å². The molecule has 1 atom stereocenters. The van der Waals surface area contributed by atoms with Gasteiger partial charge in [0.05, 0.1) is 4.47 Å². The molecule has 0 aromatic heterocycles. The molecule has 2 heteroatoms. The molecule has 14 heavy (non-hydrogen) atoms. The third-order valence-corrected chi connectivity index (χ3v) is 3.37. The van der Waals surface area contributed by atoms with Crippen LogP contribution >= 0.6 is 15.9 Å². The van der Waals surface area contributed by atoms with E-state index in [9.17, 15) is 4.39 Å². The van der Waals surface area contributed by atoms with Crippen molar-refractivity contribution in [1.82, 2.24) is 0 Å². The van der Waals surface area contributed by atoms with Crippen LogP contribution in [0, 0.1) is 11.7 Å². The summed E-state index contributed by atoms with van der Waals surface area (Å²) in [7, 11) is 0. The van der Waals surface area contributed by atoms with Crippen molar-refractivity contribution in [1.29, 1.82) is 0 Å². The summed E-state index contributed by atoms with van der Waals surface area (Å²) in [4.78, 5) is 0. The van der Waals surface area contributed by atoms with Gasteiger partial charge in [-0.3, -0.25) is 0 Å². The average molecular weight is 255 g/mol. The molecule has 0 saturated heterocycles. The van der Waals surface area contributed by atoms with E-state index in [1.54, 1.807) is 6.07 Å². The van der Waals surface area contributed by atoms with Gasteiger partial charge < -0.3 is 0 Å². The van der Waals surface area contributed by atoms with Crippen molar-refractivity contribution in [2.45, 2.75) is 19.3 Å². The first-order valence-corrected chi connectivity index (χ1v) is 5.57. The van der Waals surface area contributed by atoms with Gasteiger partial charge in [-0.1, -0.05) is 6.08 Å². The highest BCUT2D eigenvalue weighted by atomic mass is 79.9. The molecule has 0 spiro atoms. The molecule has 0 saturated carbocycles. The fourth-order valence-electron chi connectivity index (χ4n) is 2.11. The molecule has 1 aromatic carbocycles. The minimum Gasteiger partial charge on any atom is -0.206 e. The number of benzene rings is 1. The summed E-state index contributed by atoms with van der Waals surface area (Å²) in [5.41, 5.74) is 2.45. The maximum atomic E-state index is 13.2. The van der Waals surface area contributed by atoms with E-state index in [1.807, 2.05) is 12.1 Å². The Labute approximate surface area is 92.0 Å². The third kappa shape index (κ3) is 1.76. The Kier molecular flexibility index (Phi) is 2.73. The molecule has 0 radical (unpaired) electrons. The van der Waals surface area contributed by atoms with Gasteiger partial charge in [-0.2, -0.15) is 0 Å². The third-order valence-electron chi connectivity index (χ3n) is 2.76. The first kappa shape index (κ1) is 9.91. The maximum Gasteiger partial charge on any atom is 0.137 e. The standard InChI is InChI=1S/C12H12BrF/c1-2-3-8-4-9-6-11(13)12(14)7-10(9)5-8/h2,6-8H,1,3-5H2. The lowest BCUT2D eigenvalue weighted by atomic mass is 10.0. The second-order valence-corrected chi connectivity index (χ2v) is 4.69. The van der Waals surface area contributed by atoms with E-state index in [0.29, 0.717) is 10.4 Å². The normalized spacial score (nSPS) is 19.4. The Balaban J connectivity index is 2.27. The molecule has 0 bridgehead atoms. The number of halogens is 2. The Bertz CT molecular complexity index is 340. The van der Waals surface area contributed by atoms with Gasteiger partial charge in [-0.15, -0.1) is 6.58 Å². The van der Waals surface area contributed by atoms with Crippen molar-refractivity contribution >= 4 is 15.9 Å². The lowest BCUT2D eigenvalue weighted by molar-refractivity contribution is 0.571. The van der Waals surface area contributed by atoms with Crippen LogP contribution in [-0.2, 0) is 12.8 Å². The minimum atomic E-state index is -0.150. The molecule has 0 fully saturated rings. The molecule has 1 aromatic rings. The second kappa shape index (κ2) is 3.85. The molecule has 0 nitrogen and oxygen atoms in total.